The third kappa shape index (κ3) is 3.71. The minimum atomic E-state index is 0.0789. The van der Waals surface area contributed by atoms with Crippen molar-refractivity contribution in [2.45, 2.75) is 64.3 Å². The molecule has 104 valence electrons. The average molecular weight is 252 g/mol. The number of rotatable bonds is 1. The second-order valence-corrected chi connectivity index (χ2v) is 6.61. The van der Waals surface area contributed by atoms with Gasteiger partial charge in [-0.25, -0.2) is 0 Å². The summed E-state index contributed by atoms with van der Waals surface area (Å²) in [7, 11) is 0. The van der Waals surface area contributed by atoms with Gasteiger partial charge in [-0.15, -0.1) is 0 Å². The number of piperazine rings is 1. The molecule has 1 N–H and O–H groups in total. The van der Waals surface area contributed by atoms with Gasteiger partial charge >= 0.3 is 0 Å². The fourth-order valence-corrected chi connectivity index (χ4v) is 3.29. The van der Waals surface area contributed by atoms with Crippen LogP contribution < -0.4 is 5.32 Å². The largest absolute Gasteiger partial charge is 0.339 e. The summed E-state index contributed by atoms with van der Waals surface area (Å²) in [5.41, 5.74) is 0.0789. The first kappa shape index (κ1) is 13.9. The molecule has 2 fully saturated rings. The lowest BCUT2D eigenvalue weighted by Gasteiger charge is -2.40. The van der Waals surface area contributed by atoms with Crippen LogP contribution in [0.15, 0.2) is 0 Å². The van der Waals surface area contributed by atoms with Gasteiger partial charge in [-0.3, -0.25) is 4.79 Å². The topological polar surface area (TPSA) is 32.3 Å². The Morgan fingerprint density at radius 2 is 1.72 bits per heavy atom. The standard InChI is InChI=1S/C15H28N2O/c1-15(2)12-17(11-10-16-15)14(18)13-8-6-4-3-5-7-9-13/h13,16H,3-12H2,1-2H3. The van der Waals surface area contributed by atoms with Crippen molar-refractivity contribution in [1.82, 2.24) is 10.2 Å². The molecule has 1 saturated heterocycles. The van der Waals surface area contributed by atoms with Gasteiger partial charge in [-0.1, -0.05) is 32.1 Å². The second-order valence-electron chi connectivity index (χ2n) is 6.61. The molecular formula is C15H28N2O. The predicted octanol–water partition coefficient (Wildman–Crippen LogP) is 2.56. The fourth-order valence-electron chi connectivity index (χ4n) is 3.29. The zero-order valence-corrected chi connectivity index (χ0v) is 12.0. The van der Waals surface area contributed by atoms with E-state index in [1.165, 1.54) is 32.1 Å². The first-order valence-electron chi connectivity index (χ1n) is 7.62. The van der Waals surface area contributed by atoms with Crippen LogP contribution in [-0.4, -0.2) is 36.0 Å². The molecule has 1 amide bonds. The molecule has 0 aromatic carbocycles. The van der Waals surface area contributed by atoms with Gasteiger partial charge in [-0.05, 0) is 26.7 Å². The molecule has 1 aliphatic heterocycles. The van der Waals surface area contributed by atoms with Crippen LogP contribution in [0.1, 0.15) is 58.8 Å². The van der Waals surface area contributed by atoms with E-state index in [1.807, 2.05) is 0 Å². The summed E-state index contributed by atoms with van der Waals surface area (Å²) in [4.78, 5) is 14.7. The molecule has 1 saturated carbocycles. The summed E-state index contributed by atoms with van der Waals surface area (Å²) >= 11 is 0. The highest BCUT2D eigenvalue weighted by Gasteiger charge is 2.31. The fraction of sp³-hybridized carbons (Fsp3) is 0.933. The van der Waals surface area contributed by atoms with Crippen LogP contribution in [0.25, 0.3) is 0 Å². The molecule has 0 unspecified atom stereocenters. The maximum atomic E-state index is 12.6. The molecule has 0 bridgehead atoms. The first-order valence-corrected chi connectivity index (χ1v) is 7.62. The molecule has 3 nitrogen and oxygen atoms in total. The number of nitrogens with zero attached hydrogens (tertiary/aromatic N) is 1. The van der Waals surface area contributed by atoms with Gasteiger partial charge in [0.05, 0.1) is 0 Å². The Balaban J connectivity index is 1.92. The number of hydrogen-bond donors (Lipinski definition) is 1. The first-order chi connectivity index (χ1) is 8.58. The molecule has 18 heavy (non-hydrogen) atoms. The van der Waals surface area contributed by atoms with Crippen molar-refractivity contribution >= 4 is 5.91 Å². The van der Waals surface area contributed by atoms with Crippen molar-refractivity contribution in [3.05, 3.63) is 0 Å². The number of carbonyl (C=O) groups is 1. The molecule has 3 heteroatoms. The van der Waals surface area contributed by atoms with Crippen LogP contribution in [0.4, 0.5) is 0 Å². The molecule has 1 heterocycles. The summed E-state index contributed by atoms with van der Waals surface area (Å²) in [6.45, 7) is 7.06. The van der Waals surface area contributed by atoms with E-state index >= 15 is 0 Å². The Bertz CT molecular complexity index is 280. The van der Waals surface area contributed by atoms with Gasteiger partial charge < -0.3 is 10.2 Å². The van der Waals surface area contributed by atoms with Crippen LogP contribution in [0.3, 0.4) is 0 Å². The third-order valence-corrected chi connectivity index (χ3v) is 4.34. The summed E-state index contributed by atoms with van der Waals surface area (Å²) < 4.78 is 0. The highest BCUT2D eigenvalue weighted by Crippen LogP contribution is 2.25. The average Bonchev–Trinajstić information content (AvgIpc) is 2.26. The maximum Gasteiger partial charge on any atom is 0.225 e. The summed E-state index contributed by atoms with van der Waals surface area (Å²) in [6, 6.07) is 0. The molecule has 0 spiro atoms. The predicted molar refractivity (Wildman–Crippen MR) is 74.5 cm³/mol. The van der Waals surface area contributed by atoms with E-state index in [4.69, 9.17) is 0 Å². The summed E-state index contributed by atoms with van der Waals surface area (Å²) in [5, 5.41) is 3.47. The van der Waals surface area contributed by atoms with Gasteiger partial charge in [0.1, 0.15) is 0 Å². The molecule has 0 radical (unpaired) electrons. The molecule has 1 aliphatic carbocycles. The van der Waals surface area contributed by atoms with E-state index in [2.05, 4.69) is 24.1 Å². The zero-order chi connectivity index (χ0) is 13.0. The van der Waals surface area contributed by atoms with Crippen molar-refractivity contribution in [2.75, 3.05) is 19.6 Å². The van der Waals surface area contributed by atoms with E-state index in [0.29, 0.717) is 11.8 Å². The minimum Gasteiger partial charge on any atom is -0.339 e. The summed E-state index contributed by atoms with van der Waals surface area (Å²) in [5.74, 6) is 0.727. The Hall–Kier alpha value is -0.570. The molecule has 2 rings (SSSR count). The zero-order valence-electron chi connectivity index (χ0n) is 12.0. The monoisotopic (exact) mass is 252 g/mol. The summed E-state index contributed by atoms with van der Waals surface area (Å²) in [6.07, 6.45) is 8.71. The van der Waals surface area contributed by atoms with Gasteiger partial charge in [0.15, 0.2) is 0 Å². The molecular weight excluding hydrogens is 224 g/mol. The highest BCUT2D eigenvalue weighted by atomic mass is 16.2. The lowest BCUT2D eigenvalue weighted by atomic mass is 9.89. The smallest absolute Gasteiger partial charge is 0.225 e. The molecule has 0 aromatic heterocycles. The Morgan fingerprint density at radius 1 is 1.11 bits per heavy atom. The van der Waals surface area contributed by atoms with Gasteiger partial charge in [0.25, 0.3) is 0 Å². The van der Waals surface area contributed by atoms with Gasteiger partial charge in [0.2, 0.25) is 5.91 Å². The molecule has 0 atom stereocenters. The van der Waals surface area contributed by atoms with Gasteiger partial charge in [0, 0.05) is 31.1 Å². The van der Waals surface area contributed by atoms with E-state index in [9.17, 15) is 4.79 Å². The normalized spacial score (nSPS) is 26.4. The second kappa shape index (κ2) is 6.05. The Kier molecular flexibility index (Phi) is 4.66. The lowest BCUT2D eigenvalue weighted by Crippen LogP contribution is -2.59. The van der Waals surface area contributed by atoms with Gasteiger partial charge in [-0.2, -0.15) is 0 Å². The van der Waals surface area contributed by atoms with Crippen molar-refractivity contribution in [3.8, 4) is 0 Å². The Labute approximate surface area is 111 Å². The van der Waals surface area contributed by atoms with Crippen LogP contribution in [0, 0.1) is 5.92 Å². The van der Waals surface area contributed by atoms with E-state index < -0.39 is 0 Å². The SMILES string of the molecule is CC1(C)CN(C(=O)C2CCCCCCC2)CCN1. The quantitative estimate of drug-likeness (QED) is 0.778. The highest BCUT2D eigenvalue weighted by molar-refractivity contribution is 5.79. The van der Waals surface area contributed by atoms with Crippen LogP contribution >= 0.6 is 0 Å². The third-order valence-electron chi connectivity index (χ3n) is 4.34. The van der Waals surface area contributed by atoms with E-state index in [0.717, 1.165) is 32.5 Å². The van der Waals surface area contributed by atoms with Crippen molar-refractivity contribution < 1.29 is 4.79 Å². The van der Waals surface area contributed by atoms with Crippen molar-refractivity contribution in [1.29, 1.82) is 0 Å². The number of carbonyl (C=O) groups excluding carboxylic acids is 1. The van der Waals surface area contributed by atoms with Crippen molar-refractivity contribution in [2.24, 2.45) is 5.92 Å². The van der Waals surface area contributed by atoms with Crippen LogP contribution in [-0.2, 0) is 4.79 Å². The molecule has 2 aliphatic rings. The van der Waals surface area contributed by atoms with Crippen LogP contribution in [0.5, 0.6) is 0 Å². The Morgan fingerprint density at radius 3 is 2.33 bits per heavy atom. The maximum absolute atomic E-state index is 12.6. The lowest BCUT2D eigenvalue weighted by molar-refractivity contribution is -0.138. The van der Waals surface area contributed by atoms with Crippen LogP contribution in [0.2, 0.25) is 0 Å². The number of nitrogens with one attached hydrogen (secondary N) is 1. The van der Waals surface area contributed by atoms with Crippen molar-refractivity contribution in [3.63, 3.8) is 0 Å². The number of hydrogen-bond acceptors (Lipinski definition) is 2. The molecule has 0 aromatic rings. The minimum absolute atomic E-state index is 0.0789. The van der Waals surface area contributed by atoms with E-state index in [1.54, 1.807) is 0 Å². The van der Waals surface area contributed by atoms with E-state index in [-0.39, 0.29) is 5.54 Å². The number of amides is 1.